The molecule has 0 radical (unpaired) electrons. The van der Waals surface area contributed by atoms with Crippen molar-refractivity contribution in [3.63, 3.8) is 0 Å². The van der Waals surface area contributed by atoms with Gasteiger partial charge in [0.2, 0.25) is 0 Å². The lowest BCUT2D eigenvalue weighted by molar-refractivity contribution is 0.300. The van der Waals surface area contributed by atoms with Gasteiger partial charge in [-0.05, 0) is 42.0 Å². The van der Waals surface area contributed by atoms with E-state index in [2.05, 4.69) is 12.1 Å². The molecule has 0 aliphatic heterocycles. The Morgan fingerprint density at radius 2 is 1.88 bits per heavy atom. The maximum atomic E-state index is 8.86. The third kappa shape index (κ3) is 2.43. The molecule has 1 aromatic heterocycles. The number of aliphatic hydroxyl groups excluding tert-OH is 1. The lowest BCUT2D eigenvalue weighted by Gasteiger charge is -2.00. The molecule has 0 spiro atoms. The Balaban J connectivity index is 2.21. The Kier molecular flexibility index (Phi) is 3.59. The molecule has 0 bridgehead atoms. The number of benzene rings is 1. The zero-order chi connectivity index (χ0) is 11.4. The second-order valence-corrected chi connectivity index (χ2v) is 4.64. The highest BCUT2D eigenvalue weighted by molar-refractivity contribution is 7.15. The van der Waals surface area contributed by atoms with Crippen LogP contribution in [-0.4, -0.2) is 18.8 Å². The van der Waals surface area contributed by atoms with E-state index in [1.807, 2.05) is 24.3 Å². The number of hydrogen-bond acceptors (Lipinski definition) is 3. The first-order chi connectivity index (χ1) is 7.83. The Hall–Kier alpha value is -1.32. The maximum Gasteiger partial charge on any atom is 0.118 e. The number of rotatable bonds is 4. The van der Waals surface area contributed by atoms with E-state index in [9.17, 15) is 0 Å². The molecule has 2 nitrogen and oxygen atoms in total. The molecule has 3 heteroatoms. The van der Waals surface area contributed by atoms with E-state index in [4.69, 9.17) is 9.84 Å². The van der Waals surface area contributed by atoms with Crippen LogP contribution in [0.5, 0.6) is 5.75 Å². The molecule has 0 fully saturated rings. The van der Waals surface area contributed by atoms with Crippen LogP contribution in [-0.2, 0) is 6.42 Å². The number of aliphatic hydroxyl groups is 1. The SMILES string of the molecule is COc1ccc(-c2ccc(CCO)s2)cc1. The molecular formula is C13H14O2S. The third-order valence-corrected chi connectivity index (χ3v) is 3.59. The van der Waals surface area contributed by atoms with Gasteiger partial charge in [0.25, 0.3) is 0 Å². The fourth-order valence-electron chi connectivity index (χ4n) is 1.53. The van der Waals surface area contributed by atoms with Gasteiger partial charge in [-0.15, -0.1) is 11.3 Å². The van der Waals surface area contributed by atoms with Crippen molar-refractivity contribution in [3.8, 4) is 16.2 Å². The normalized spacial score (nSPS) is 10.4. The molecule has 1 N–H and O–H groups in total. The quantitative estimate of drug-likeness (QED) is 0.881. The number of methoxy groups -OCH3 is 1. The minimum Gasteiger partial charge on any atom is -0.497 e. The summed E-state index contributed by atoms with van der Waals surface area (Å²) in [5, 5.41) is 8.86. The highest BCUT2D eigenvalue weighted by Crippen LogP contribution is 2.29. The van der Waals surface area contributed by atoms with Crippen molar-refractivity contribution in [2.24, 2.45) is 0 Å². The molecule has 1 aromatic carbocycles. The summed E-state index contributed by atoms with van der Waals surface area (Å²) in [5.74, 6) is 0.871. The van der Waals surface area contributed by atoms with Gasteiger partial charge in [0, 0.05) is 22.8 Å². The smallest absolute Gasteiger partial charge is 0.118 e. The molecule has 2 rings (SSSR count). The standard InChI is InChI=1S/C13H14O2S/c1-15-11-4-2-10(3-5-11)13-7-6-12(16-13)8-9-14/h2-7,14H,8-9H2,1H3. The monoisotopic (exact) mass is 234 g/mol. The van der Waals surface area contributed by atoms with E-state index in [0.717, 1.165) is 12.2 Å². The van der Waals surface area contributed by atoms with E-state index in [1.165, 1.54) is 15.3 Å². The van der Waals surface area contributed by atoms with Crippen molar-refractivity contribution < 1.29 is 9.84 Å². The molecular weight excluding hydrogens is 220 g/mol. The predicted molar refractivity (Wildman–Crippen MR) is 67.1 cm³/mol. The van der Waals surface area contributed by atoms with Crippen molar-refractivity contribution in [3.05, 3.63) is 41.3 Å². The van der Waals surface area contributed by atoms with Crippen LogP contribution in [0.3, 0.4) is 0 Å². The van der Waals surface area contributed by atoms with E-state index >= 15 is 0 Å². The predicted octanol–water partition coefficient (Wildman–Crippen LogP) is 2.96. The van der Waals surface area contributed by atoms with Crippen LogP contribution in [0.15, 0.2) is 36.4 Å². The summed E-state index contributed by atoms with van der Waals surface area (Å²) in [5.41, 5.74) is 1.19. The summed E-state index contributed by atoms with van der Waals surface area (Å²) >= 11 is 1.72. The van der Waals surface area contributed by atoms with Crippen LogP contribution in [0.25, 0.3) is 10.4 Å². The van der Waals surface area contributed by atoms with Crippen LogP contribution >= 0.6 is 11.3 Å². The molecule has 0 unspecified atom stereocenters. The van der Waals surface area contributed by atoms with Crippen LogP contribution < -0.4 is 4.74 Å². The molecule has 0 saturated heterocycles. The Bertz CT molecular complexity index is 445. The highest BCUT2D eigenvalue weighted by Gasteiger charge is 2.02. The van der Waals surface area contributed by atoms with Gasteiger partial charge < -0.3 is 9.84 Å². The first-order valence-electron chi connectivity index (χ1n) is 5.17. The summed E-state index contributed by atoms with van der Waals surface area (Å²) in [7, 11) is 1.67. The van der Waals surface area contributed by atoms with Crippen molar-refractivity contribution in [2.75, 3.05) is 13.7 Å². The van der Waals surface area contributed by atoms with Gasteiger partial charge in [-0.2, -0.15) is 0 Å². The molecule has 0 aliphatic carbocycles. The van der Waals surface area contributed by atoms with Crippen LogP contribution in [0, 0.1) is 0 Å². The van der Waals surface area contributed by atoms with Gasteiger partial charge in [-0.3, -0.25) is 0 Å². The van der Waals surface area contributed by atoms with Crippen LogP contribution in [0.1, 0.15) is 4.88 Å². The number of thiophene rings is 1. The first-order valence-corrected chi connectivity index (χ1v) is 5.99. The zero-order valence-electron chi connectivity index (χ0n) is 9.14. The molecule has 0 saturated carbocycles. The molecule has 84 valence electrons. The average Bonchev–Trinajstić information content (AvgIpc) is 2.78. The topological polar surface area (TPSA) is 29.5 Å². The van der Waals surface area contributed by atoms with Gasteiger partial charge in [-0.1, -0.05) is 0 Å². The van der Waals surface area contributed by atoms with Gasteiger partial charge in [0.15, 0.2) is 0 Å². The summed E-state index contributed by atoms with van der Waals surface area (Å²) in [4.78, 5) is 2.44. The molecule has 2 aromatic rings. The maximum absolute atomic E-state index is 8.86. The summed E-state index contributed by atoms with van der Waals surface area (Å²) in [6.45, 7) is 0.211. The zero-order valence-corrected chi connectivity index (χ0v) is 9.96. The van der Waals surface area contributed by atoms with Gasteiger partial charge in [-0.25, -0.2) is 0 Å². The average molecular weight is 234 g/mol. The Morgan fingerprint density at radius 3 is 2.50 bits per heavy atom. The minimum atomic E-state index is 0.211. The Morgan fingerprint density at radius 1 is 1.12 bits per heavy atom. The Labute approximate surface area is 99.1 Å². The van der Waals surface area contributed by atoms with E-state index in [1.54, 1.807) is 18.4 Å². The molecule has 0 amide bonds. The lowest BCUT2D eigenvalue weighted by Crippen LogP contribution is -1.84. The van der Waals surface area contributed by atoms with Crippen molar-refractivity contribution in [1.29, 1.82) is 0 Å². The van der Waals surface area contributed by atoms with E-state index < -0.39 is 0 Å². The fourth-order valence-corrected chi connectivity index (χ4v) is 2.53. The fraction of sp³-hybridized carbons (Fsp3) is 0.231. The van der Waals surface area contributed by atoms with E-state index in [0.29, 0.717) is 0 Å². The first kappa shape index (κ1) is 11.2. The van der Waals surface area contributed by atoms with Crippen molar-refractivity contribution in [2.45, 2.75) is 6.42 Å². The van der Waals surface area contributed by atoms with Gasteiger partial charge in [0.1, 0.15) is 5.75 Å². The molecule has 16 heavy (non-hydrogen) atoms. The molecule has 0 atom stereocenters. The van der Waals surface area contributed by atoms with Crippen LogP contribution in [0.2, 0.25) is 0 Å². The van der Waals surface area contributed by atoms with Crippen molar-refractivity contribution in [1.82, 2.24) is 0 Å². The summed E-state index contributed by atoms with van der Waals surface area (Å²) < 4.78 is 5.12. The molecule has 1 heterocycles. The van der Waals surface area contributed by atoms with Gasteiger partial charge in [0.05, 0.1) is 7.11 Å². The third-order valence-electron chi connectivity index (χ3n) is 2.39. The largest absolute Gasteiger partial charge is 0.497 e. The van der Waals surface area contributed by atoms with Crippen LogP contribution in [0.4, 0.5) is 0 Å². The summed E-state index contributed by atoms with van der Waals surface area (Å²) in [6, 6.07) is 12.2. The second-order valence-electron chi connectivity index (χ2n) is 3.47. The van der Waals surface area contributed by atoms with E-state index in [-0.39, 0.29) is 6.61 Å². The summed E-state index contributed by atoms with van der Waals surface area (Å²) in [6.07, 6.45) is 0.737. The minimum absolute atomic E-state index is 0.211. The number of ether oxygens (including phenoxy) is 1. The lowest BCUT2D eigenvalue weighted by atomic mass is 10.2. The number of hydrogen-bond donors (Lipinski definition) is 1. The van der Waals surface area contributed by atoms with Gasteiger partial charge >= 0.3 is 0 Å². The van der Waals surface area contributed by atoms with Crippen molar-refractivity contribution >= 4 is 11.3 Å². The second kappa shape index (κ2) is 5.14. The molecule has 0 aliphatic rings. The highest BCUT2D eigenvalue weighted by atomic mass is 32.1.